The van der Waals surface area contributed by atoms with Gasteiger partial charge >= 0.3 is 5.97 Å². The first kappa shape index (κ1) is 13.1. The standard InChI is InChI=1S/C10H19NO3/c1-7(2)10(13)14-6-9(12)5-11-8(3)4/h8-9,11-12H,1,5-6H2,2-4H3. The highest BCUT2D eigenvalue weighted by Gasteiger charge is 2.09. The molecule has 0 aromatic rings. The van der Waals surface area contributed by atoms with Crippen LogP contribution in [0.15, 0.2) is 12.2 Å². The molecule has 1 unspecified atom stereocenters. The van der Waals surface area contributed by atoms with Crippen LogP contribution >= 0.6 is 0 Å². The molecule has 0 amide bonds. The molecule has 0 saturated carbocycles. The summed E-state index contributed by atoms with van der Waals surface area (Å²) >= 11 is 0. The van der Waals surface area contributed by atoms with E-state index in [1.807, 2.05) is 13.8 Å². The van der Waals surface area contributed by atoms with Crippen molar-refractivity contribution >= 4 is 5.97 Å². The lowest BCUT2D eigenvalue weighted by Gasteiger charge is -2.14. The van der Waals surface area contributed by atoms with E-state index in [2.05, 4.69) is 11.9 Å². The van der Waals surface area contributed by atoms with E-state index >= 15 is 0 Å². The van der Waals surface area contributed by atoms with E-state index in [4.69, 9.17) is 4.74 Å². The van der Waals surface area contributed by atoms with Crippen LogP contribution < -0.4 is 5.32 Å². The van der Waals surface area contributed by atoms with Crippen LogP contribution in [0.1, 0.15) is 20.8 Å². The Morgan fingerprint density at radius 2 is 2.14 bits per heavy atom. The zero-order valence-electron chi connectivity index (χ0n) is 9.04. The number of nitrogens with one attached hydrogen (secondary N) is 1. The molecule has 4 nitrogen and oxygen atoms in total. The zero-order valence-corrected chi connectivity index (χ0v) is 9.04. The zero-order chi connectivity index (χ0) is 11.1. The lowest BCUT2D eigenvalue weighted by atomic mass is 10.3. The quantitative estimate of drug-likeness (QED) is 0.484. The number of hydrogen-bond donors (Lipinski definition) is 2. The van der Waals surface area contributed by atoms with Crippen LogP contribution in [0.5, 0.6) is 0 Å². The molecular formula is C10H19NO3. The molecule has 0 bridgehead atoms. The van der Waals surface area contributed by atoms with Gasteiger partial charge in [0.15, 0.2) is 0 Å². The number of rotatable bonds is 6. The van der Waals surface area contributed by atoms with Crippen LogP contribution in [0.2, 0.25) is 0 Å². The van der Waals surface area contributed by atoms with Crippen LogP contribution in [0.3, 0.4) is 0 Å². The lowest BCUT2D eigenvalue weighted by molar-refractivity contribution is -0.141. The minimum absolute atomic E-state index is 0.00537. The summed E-state index contributed by atoms with van der Waals surface area (Å²) in [6, 6.07) is 0.307. The van der Waals surface area contributed by atoms with Crippen LogP contribution in [0.25, 0.3) is 0 Å². The summed E-state index contributed by atoms with van der Waals surface area (Å²) in [7, 11) is 0. The third kappa shape index (κ3) is 6.62. The van der Waals surface area contributed by atoms with Crippen molar-refractivity contribution < 1.29 is 14.6 Å². The molecule has 0 aliphatic carbocycles. The van der Waals surface area contributed by atoms with Gasteiger partial charge in [0.2, 0.25) is 0 Å². The molecule has 0 aliphatic rings. The Kier molecular flexibility index (Phi) is 6.16. The lowest BCUT2D eigenvalue weighted by Crippen LogP contribution is -2.35. The Bertz CT molecular complexity index is 202. The van der Waals surface area contributed by atoms with Crippen LogP contribution in [-0.4, -0.2) is 36.4 Å². The van der Waals surface area contributed by atoms with Gasteiger partial charge in [0.1, 0.15) is 12.7 Å². The fraction of sp³-hybridized carbons (Fsp3) is 0.700. The summed E-state index contributed by atoms with van der Waals surface area (Å²) < 4.78 is 4.77. The van der Waals surface area contributed by atoms with E-state index in [0.29, 0.717) is 18.2 Å². The molecule has 0 saturated heterocycles. The summed E-state index contributed by atoms with van der Waals surface area (Å²) in [6.45, 7) is 9.39. The van der Waals surface area contributed by atoms with E-state index in [1.54, 1.807) is 6.92 Å². The van der Waals surface area contributed by atoms with Crippen molar-refractivity contribution in [3.05, 3.63) is 12.2 Å². The van der Waals surface area contributed by atoms with Crippen molar-refractivity contribution in [1.82, 2.24) is 5.32 Å². The molecule has 2 N–H and O–H groups in total. The van der Waals surface area contributed by atoms with Gasteiger partial charge < -0.3 is 15.2 Å². The van der Waals surface area contributed by atoms with Gasteiger partial charge in [-0.2, -0.15) is 0 Å². The second kappa shape index (κ2) is 6.56. The summed E-state index contributed by atoms with van der Waals surface area (Å²) in [6.07, 6.45) is -0.666. The minimum Gasteiger partial charge on any atom is -0.460 e. The van der Waals surface area contributed by atoms with Gasteiger partial charge in [-0.05, 0) is 6.92 Å². The second-order valence-corrected chi connectivity index (χ2v) is 3.60. The molecule has 0 spiro atoms. The number of carbonyl (C=O) groups excluding carboxylic acids is 1. The summed E-state index contributed by atoms with van der Waals surface area (Å²) in [4.78, 5) is 10.9. The summed E-state index contributed by atoms with van der Waals surface area (Å²) in [5.41, 5.74) is 0.342. The van der Waals surface area contributed by atoms with E-state index in [-0.39, 0.29) is 6.61 Å². The molecule has 0 rings (SSSR count). The number of aliphatic hydroxyl groups excluding tert-OH is 1. The molecule has 0 radical (unpaired) electrons. The van der Waals surface area contributed by atoms with Gasteiger partial charge in [-0.15, -0.1) is 0 Å². The van der Waals surface area contributed by atoms with Gasteiger partial charge in [-0.25, -0.2) is 4.79 Å². The Balaban J connectivity index is 3.58. The largest absolute Gasteiger partial charge is 0.460 e. The molecule has 1 atom stereocenters. The van der Waals surface area contributed by atoms with Gasteiger partial charge in [-0.3, -0.25) is 0 Å². The van der Waals surface area contributed by atoms with E-state index in [1.165, 1.54) is 0 Å². The second-order valence-electron chi connectivity index (χ2n) is 3.60. The van der Waals surface area contributed by atoms with Gasteiger partial charge in [-0.1, -0.05) is 20.4 Å². The summed E-state index contributed by atoms with van der Waals surface area (Å²) in [5, 5.41) is 12.4. The molecule has 0 aromatic carbocycles. The Hall–Kier alpha value is -0.870. The highest BCUT2D eigenvalue weighted by atomic mass is 16.5. The maximum Gasteiger partial charge on any atom is 0.333 e. The first-order valence-corrected chi connectivity index (χ1v) is 4.67. The molecule has 0 aliphatic heterocycles. The average molecular weight is 201 g/mol. The number of ether oxygens (including phenoxy) is 1. The maximum atomic E-state index is 10.9. The van der Waals surface area contributed by atoms with Crippen molar-refractivity contribution in [2.75, 3.05) is 13.2 Å². The summed E-state index contributed by atoms with van der Waals surface area (Å²) in [5.74, 6) is -0.464. The van der Waals surface area contributed by atoms with Crippen molar-refractivity contribution in [2.24, 2.45) is 0 Å². The molecule has 14 heavy (non-hydrogen) atoms. The Labute approximate surface area is 85.0 Å². The fourth-order valence-corrected chi connectivity index (χ4v) is 0.726. The topological polar surface area (TPSA) is 58.6 Å². The molecule has 0 fully saturated rings. The number of hydrogen-bond acceptors (Lipinski definition) is 4. The predicted octanol–water partition coefficient (Wildman–Crippen LogP) is 0.465. The fourth-order valence-electron chi connectivity index (χ4n) is 0.726. The highest BCUT2D eigenvalue weighted by molar-refractivity contribution is 5.86. The Morgan fingerprint density at radius 3 is 2.57 bits per heavy atom. The minimum atomic E-state index is -0.666. The van der Waals surface area contributed by atoms with E-state index in [9.17, 15) is 9.90 Å². The molecule has 0 heterocycles. The number of aliphatic hydroxyl groups is 1. The van der Waals surface area contributed by atoms with Gasteiger partial charge in [0, 0.05) is 18.2 Å². The maximum absolute atomic E-state index is 10.9. The van der Waals surface area contributed by atoms with E-state index < -0.39 is 12.1 Å². The van der Waals surface area contributed by atoms with Crippen LogP contribution in [0, 0.1) is 0 Å². The highest BCUT2D eigenvalue weighted by Crippen LogP contribution is 1.93. The smallest absolute Gasteiger partial charge is 0.333 e. The van der Waals surface area contributed by atoms with Gasteiger partial charge in [0.25, 0.3) is 0 Å². The first-order valence-electron chi connectivity index (χ1n) is 4.67. The predicted molar refractivity (Wildman–Crippen MR) is 54.9 cm³/mol. The van der Waals surface area contributed by atoms with Crippen LogP contribution in [-0.2, 0) is 9.53 Å². The SMILES string of the molecule is C=C(C)C(=O)OCC(O)CNC(C)C. The molecule has 4 heteroatoms. The van der Waals surface area contributed by atoms with Crippen molar-refractivity contribution in [2.45, 2.75) is 32.9 Å². The van der Waals surface area contributed by atoms with Crippen molar-refractivity contribution in [1.29, 1.82) is 0 Å². The number of esters is 1. The number of carbonyl (C=O) groups is 1. The molecule has 0 aromatic heterocycles. The third-order valence-electron chi connectivity index (χ3n) is 1.52. The normalized spacial score (nSPS) is 12.6. The van der Waals surface area contributed by atoms with Crippen LogP contribution in [0.4, 0.5) is 0 Å². The molecular weight excluding hydrogens is 182 g/mol. The molecule has 82 valence electrons. The Morgan fingerprint density at radius 1 is 1.57 bits per heavy atom. The average Bonchev–Trinajstić information content (AvgIpc) is 2.10. The van der Waals surface area contributed by atoms with Crippen molar-refractivity contribution in [3.8, 4) is 0 Å². The third-order valence-corrected chi connectivity index (χ3v) is 1.52. The van der Waals surface area contributed by atoms with Gasteiger partial charge in [0.05, 0.1) is 0 Å². The monoisotopic (exact) mass is 201 g/mol. The van der Waals surface area contributed by atoms with E-state index in [0.717, 1.165) is 0 Å². The van der Waals surface area contributed by atoms with Crippen molar-refractivity contribution in [3.63, 3.8) is 0 Å². The first-order chi connectivity index (χ1) is 6.43.